The van der Waals surface area contributed by atoms with E-state index in [2.05, 4.69) is 29.3 Å². The molecule has 4 nitrogen and oxygen atoms in total. The molecule has 1 aliphatic rings. The molecule has 0 bridgehead atoms. The van der Waals surface area contributed by atoms with E-state index in [0.717, 1.165) is 24.1 Å². The Kier molecular flexibility index (Phi) is 5.51. The normalized spacial score (nSPS) is 13.4. The summed E-state index contributed by atoms with van der Waals surface area (Å²) in [5.41, 5.74) is 2.47. The summed E-state index contributed by atoms with van der Waals surface area (Å²) in [5.74, 6) is 5.47. The molecule has 0 saturated carbocycles. The largest absolute Gasteiger partial charge is 0.481 e. The minimum atomic E-state index is -1.04. The molecule has 2 N–H and O–H groups in total. The van der Waals surface area contributed by atoms with E-state index < -0.39 is 12.6 Å². The van der Waals surface area contributed by atoms with Crippen LogP contribution in [-0.2, 0) is 4.79 Å². The van der Waals surface area contributed by atoms with Gasteiger partial charge in [0.15, 0.2) is 6.61 Å². The molecule has 0 fully saturated rings. The predicted octanol–water partition coefficient (Wildman–Crippen LogP) is 2.98. The number of likely N-dealkylation sites (N-methyl/N-ethyl adjacent to an activating group) is 1. The van der Waals surface area contributed by atoms with Crippen molar-refractivity contribution >= 4 is 17.6 Å². The van der Waals surface area contributed by atoms with Gasteiger partial charge in [-0.3, -0.25) is 0 Å². The van der Waals surface area contributed by atoms with Crippen molar-refractivity contribution in [2.24, 2.45) is 0 Å². The van der Waals surface area contributed by atoms with Crippen LogP contribution in [0, 0.1) is 11.8 Å². The zero-order chi connectivity index (χ0) is 15.9. The minimum absolute atomic E-state index is 0.408. The zero-order valence-corrected chi connectivity index (χ0v) is 12.9. The number of aliphatic carboxylic acids is 1. The molecule has 0 amide bonds. The number of halogens is 1. The highest BCUT2D eigenvalue weighted by Gasteiger charge is 2.07. The molecule has 0 radical (unpaired) electrons. The summed E-state index contributed by atoms with van der Waals surface area (Å²) in [6.07, 6.45) is 6.11. The van der Waals surface area contributed by atoms with Gasteiger partial charge in [-0.25, -0.2) is 4.79 Å². The van der Waals surface area contributed by atoms with Gasteiger partial charge in [0, 0.05) is 23.3 Å². The summed E-state index contributed by atoms with van der Waals surface area (Å²) >= 11 is 5.98. The predicted molar refractivity (Wildman–Crippen MR) is 85.9 cm³/mol. The van der Waals surface area contributed by atoms with Crippen LogP contribution in [0.4, 0.5) is 0 Å². The monoisotopic (exact) mass is 317 g/mol. The van der Waals surface area contributed by atoms with Gasteiger partial charge >= 0.3 is 5.97 Å². The van der Waals surface area contributed by atoms with Crippen molar-refractivity contribution < 1.29 is 14.6 Å². The molecule has 0 atom stereocenters. The third kappa shape index (κ3) is 4.31. The van der Waals surface area contributed by atoms with Crippen LogP contribution in [0.25, 0.3) is 0 Å². The summed E-state index contributed by atoms with van der Waals surface area (Å²) in [6, 6.07) is 4.93. The van der Waals surface area contributed by atoms with Crippen LogP contribution in [-0.4, -0.2) is 24.7 Å². The van der Waals surface area contributed by atoms with Gasteiger partial charge < -0.3 is 15.2 Å². The van der Waals surface area contributed by atoms with E-state index >= 15 is 0 Å². The van der Waals surface area contributed by atoms with E-state index in [9.17, 15) is 4.79 Å². The highest BCUT2D eigenvalue weighted by molar-refractivity contribution is 6.30. The summed E-state index contributed by atoms with van der Waals surface area (Å²) in [6.45, 7) is -0.416. The van der Waals surface area contributed by atoms with Crippen LogP contribution in [0.1, 0.15) is 18.4 Å². The Bertz CT molecular complexity index is 696. The SMILES string of the molecule is CNC1=CCCC=C1C#Cc1cc(Cl)ccc1OCC(=O)O. The highest BCUT2D eigenvalue weighted by Crippen LogP contribution is 2.23. The Hall–Kier alpha value is -2.38. The lowest BCUT2D eigenvalue weighted by atomic mass is 10.0. The summed E-state index contributed by atoms with van der Waals surface area (Å²) in [4.78, 5) is 10.6. The lowest BCUT2D eigenvalue weighted by Gasteiger charge is -2.11. The fourth-order valence-corrected chi connectivity index (χ4v) is 2.20. The van der Waals surface area contributed by atoms with Crippen molar-refractivity contribution in [2.75, 3.05) is 13.7 Å². The average molecular weight is 318 g/mol. The number of nitrogens with one attached hydrogen (secondary N) is 1. The van der Waals surface area contributed by atoms with Crippen molar-refractivity contribution in [1.82, 2.24) is 5.32 Å². The van der Waals surface area contributed by atoms with Crippen LogP contribution in [0.5, 0.6) is 5.75 Å². The smallest absolute Gasteiger partial charge is 0.341 e. The maximum Gasteiger partial charge on any atom is 0.341 e. The first kappa shape index (κ1) is 16.0. The number of rotatable bonds is 4. The van der Waals surface area contributed by atoms with Gasteiger partial charge in [-0.05, 0) is 31.0 Å². The minimum Gasteiger partial charge on any atom is -0.481 e. The average Bonchev–Trinajstić information content (AvgIpc) is 2.52. The Balaban J connectivity index is 2.27. The quantitative estimate of drug-likeness (QED) is 0.838. The van der Waals surface area contributed by atoms with Crippen LogP contribution < -0.4 is 10.1 Å². The Morgan fingerprint density at radius 3 is 2.86 bits per heavy atom. The number of hydrogen-bond acceptors (Lipinski definition) is 3. The second-order valence-corrected chi connectivity index (χ2v) is 5.07. The number of carboxylic acid groups (broad SMARTS) is 1. The molecular weight excluding hydrogens is 302 g/mol. The topological polar surface area (TPSA) is 58.6 Å². The highest BCUT2D eigenvalue weighted by atomic mass is 35.5. The molecule has 1 aromatic rings. The number of allylic oxidation sites excluding steroid dienone is 3. The van der Waals surface area contributed by atoms with Gasteiger partial charge in [-0.1, -0.05) is 35.6 Å². The molecule has 0 unspecified atom stereocenters. The molecule has 0 spiro atoms. The molecule has 0 saturated heterocycles. The molecule has 0 aromatic heterocycles. The number of ether oxygens (including phenoxy) is 1. The van der Waals surface area contributed by atoms with Crippen molar-refractivity contribution in [3.8, 4) is 17.6 Å². The summed E-state index contributed by atoms with van der Waals surface area (Å²) in [7, 11) is 1.85. The fourth-order valence-electron chi connectivity index (χ4n) is 2.03. The van der Waals surface area contributed by atoms with E-state index in [0.29, 0.717) is 16.3 Å². The number of carbonyl (C=O) groups is 1. The molecule has 5 heteroatoms. The van der Waals surface area contributed by atoms with E-state index in [1.54, 1.807) is 18.2 Å². The Morgan fingerprint density at radius 1 is 1.36 bits per heavy atom. The van der Waals surface area contributed by atoms with Crippen molar-refractivity contribution in [2.45, 2.75) is 12.8 Å². The molecular formula is C17H16ClNO3. The van der Waals surface area contributed by atoms with Gasteiger partial charge in [-0.2, -0.15) is 0 Å². The standard InChI is InChI=1S/C17H16ClNO3/c1-19-15-5-3-2-4-12(15)6-7-13-10-14(18)8-9-16(13)22-11-17(20)21/h4-5,8-10,19H,2-3,11H2,1H3,(H,20,21). The maximum atomic E-state index is 10.6. The first-order valence-corrected chi connectivity index (χ1v) is 7.22. The van der Waals surface area contributed by atoms with Gasteiger partial charge in [0.05, 0.1) is 5.56 Å². The third-order valence-electron chi connectivity index (χ3n) is 3.05. The van der Waals surface area contributed by atoms with Crippen molar-refractivity contribution in [1.29, 1.82) is 0 Å². The molecule has 0 aliphatic heterocycles. The molecule has 22 heavy (non-hydrogen) atoms. The zero-order valence-electron chi connectivity index (χ0n) is 12.1. The first-order chi connectivity index (χ1) is 10.6. The van der Waals surface area contributed by atoms with E-state index in [1.807, 2.05) is 7.05 Å². The van der Waals surface area contributed by atoms with E-state index in [4.69, 9.17) is 21.4 Å². The number of carboxylic acids is 1. The van der Waals surface area contributed by atoms with E-state index in [1.165, 1.54) is 0 Å². The molecule has 0 heterocycles. The lowest BCUT2D eigenvalue weighted by Crippen LogP contribution is -2.10. The van der Waals surface area contributed by atoms with E-state index in [-0.39, 0.29) is 0 Å². The Morgan fingerprint density at radius 2 is 2.14 bits per heavy atom. The van der Waals surface area contributed by atoms with Crippen LogP contribution >= 0.6 is 11.6 Å². The third-order valence-corrected chi connectivity index (χ3v) is 3.28. The van der Waals surface area contributed by atoms with Gasteiger partial charge in [0.25, 0.3) is 0 Å². The van der Waals surface area contributed by atoms with Crippen molar-refractivity contribution in [3.05, 3.63) is 52.2 Å². The molecule has 1 aliphatic carbocycles. The van der Waals surface area contributed by atoms with Crippen LogP contribution in [0.3, 0.4) is 0 Å². The van der Waals surface area contributed by atoms with Gasteiger partial charge in [-0.15, -0.1) is 0 Å². The number of benzene rings is 1. The molecule has 1 aromatic carbocycles. The van der Waals surface area contributed by atoms with Crippen molar-refractivity contribution in [3.63, 3.8) is 0 Å². The maximum absolute atomic E-state index is 10.6. The summed E-state index contributed by atoms with van der Waals surface area (Å²) < 4.78 is 5.24. The summed E-state index contributed by atoms with van der Waals surface area (Å²) in [5, 5.41) is 12.3. The van der Waals surface area contributed by atoms with Crippen LogP contribution in [0.15, 0.2) is 41.6 Å². The van der Waals surface area contributed by atoms with Gasteiger partial charge in [0.1, 0.15) is 5.75 Å². The first-order valence-electron chi connectivity index (χ1n) is 6.84. The Labute approximate surface area is 134 Å². The van der Waals surface area contributed by atoms with Crippen LogP contribution in [0.2, 0.25) is 5.02 Å². The number of hydrogen-bond donors (Lipinski definition) is 2. The second-order valence-electron chi connectivity index (χ2n) is 4.64. The molecule has 114 valence electrons. The molecule has 2 rings (SSSR count). The lowest BCUT2D eigenvalue weighted by molar-refractivity contribution is -0.139. The fraction of sp³-hybridized carbons (Fsp3) is 0.235. The second kappa shape index (κ2) is 7.58. The van der Waals surface area contributed by atoms with Gasteiger partial charge in [0.2, 0.25) is 0 Å².